The van der Waals surface area contributed by atoms with Crippen molar-refractivity contribution < 1.29 is 29.2 Å². The Labute approximate surface area is 127 Å². The van der Waals surface area contributed by atoms with Crippen LogP contribution in [0.1, 0.15) is 11.5 Å². The van der Waals surface area contributed by atoms with Gasteiger partial charge in [-0.05, 0) is 17.7 Å². The summed E-state index contributed by atoms with van der Waals surface area (Å²) in [6.07, 6.45) is 0.398. The third-order valence-corrected chi connectivity index (χ3v) is 3.87. The van der Waals surface area contributed by atoms with Crippen LogP contribution in [-0.2, 0) is 4.74 Å². The number of ether oxygens (including phenoxy) is 3. The summed E-state index contributed by atoms with van der Waals surface area (Å²) < 4.78 is 15.2. The van der Waals surface area contributed by atoms with Gasteiger partial charge >= 0.3 is 6.09 Å². The lowest BCUT2D eigenvalue weighted by Gasteiger charge is -2.35. The van der Waals surface area contributed by atoms with Crippen LogP contribution in [0.2, 0.25) is 0 Å². The lowest BCUT2D eigenvalue weighted by atomic mass is 9.81. The van der Waals surface area contributed by atoms with Gasteiger partial charge in [0, 0.05) is 5.92 Å². The van der Waals surface area contributed by atoms with Crippen LogP contribution in [0.5, 0.6) is 11.5 Å². The Morgan fingerprint density at radius 2 is 2.05 bits per heavy atom. The monoisotopic (exact) mass is 307 g/mol. The lowest BCUT2D eigenvalue weighted by Crippen LogP contribution is -2.52. The zero-order chi connectivity index (χ0) is 15.7. The number of benzene rings is 1. The third-order valence-electron chi connectivity index (χ3n) is 3.87. The average Bonchev–Trinajstić information content (AvgIpc) is 2.99. The molecule has 1 aromatic rings. The molecule has 4 atom stereocenters. The van der Waals surface area contributed by atoms with Crippen LogP contribution in [0.25, 0.3) is 0 Å². The van der Waals surface area contributed by atoms with Crippen LogP contribution in [-0.4, -0.2) is 48.5 Å². The first kappa shape index (κ1) is 14.7. The zero-order valence-corrected chi connectivity index (χ0v) is 11.9. The smallest absolute Gasteiger partial charge is 0.407 e. The number of hydrogen-bond donors (Lipinski definition) is 3. The molecule has 1 aromatic carbocycles. The standard InChI is InChI=1S/C15H17NO6/c1-20-15(19)16-13-9(3-4-10(17)14(13)18)8-2-5-11-12(6-8)22-7-21-11/h2-6,9-10,13-14,17-18H,7H2,1H3,(H,16,19)/t9-,10-,13-,14-/m1/s1. The predicted octanol–water partition coefficient (Wildman–Crippen LogP) is 0.515. The summed E-state index contributed by atoms with van der Waals surface area (Å²) in [4.78, 5) is 11.5. The molecule has 7 nitrogen and oxygen atoms in total. The summed E-state index contributed by atoms with van der Waals surface area (Å²) in [5, 5.41) is 22.5. The van der Waals surface area contributed by atoms with Crippen molar-refractivity contribution in [2.45, 2.75) is 24.2 Å². The maximum Gasteiger partial charge on any atom is 0.407 e. The molecular formula is C15H17NO6. The molecule has 0 spiro atoms. The second-order valence-electron chi connectivity index (χ2n) is 5.17. The Balaban J connectivity index is 1.91. The minimum atomic E-state index is -1.14. The van der Waals surface area contributed by atoms with E-state index in [1.54, 1.807) is 18.2 Å². The highest BCUT2D eigenvalue weighted by Crippen LogP contribution is 2.37. The number of fused-ring (bicyclic) bond motifs is 1. The number of amides is 1. The van der Waals surface area contributed by atoms with Gasteiger partial charge in [0.2, 0.25) is 6.79 Å². The van der Waals surface area contributed by atoms with Gasteiger partial charge in [-0.3, -0.25) is 0 Å². The Morgan fingerprint density at radius 3 is 2.82 bits per heavy atom. The molecule has 0 fully saturated rings. The topological polar surface area (TPSA) is 97.3 Å². The first-order valence-corrected chi connectivity index (χ1v) is 6.88. The van der Waals surface area contributed by atoms with E-state index in [0.717, 1.165) is 5.56 Å². The number of methoxy groups -OCH3 is 1. The molecule has 1 amide bonds. The summed E-state index contributed by atoms with van der Waals surface area (Å²) in [5.41, 5.74) is 0.827. The second kappa shape index (κ2) is 5.86. The molecule has 0 saturated heterocycles. The van der Waals surface area contributed by atoms with Crippen LogP contribution >= 0.6 is 0 Å². The van der Waals surface area contributed by atoms with Crippen molar-refractivity contribution in [3.05, 3.63) is 35.9 Å². The fraction of sp³-hybridized carbons (Fsp3) is 0.400. The third kappa shape index (κ3) is 2.60. The van der Waals surface area contributed by atoms with Gasteiger partial charge in [0.15, 0.2) is 11.5 Å². The van der Waals surface area contributed by atoms with E-state index in [1.165, 1.54) is 13.2 Å². The first-order chi connectivity index (χ1) is 10.6. The number of nitrogens with one attached hydrogen (secondary N) is 1. The molecule has 0 unspecified atom stereocenters. The maximum atomic E-state index is 11.5. The largest absolute Gasteiger partial charge is 0.454 e. The molecule has 1 heterocycles. The van der Waals surface area contributed by atoms with Gasteiger partial charge in [0.25, 0.3) is 0 Å². The van der Waals surface area contributed by atoms with Crippen molar-refractivity contribution in [2.75, 3.05) is 13.9 Å². The SMILES string of the molecule is COC(=O)N[C@H]1[C@H](O)[C@H](O)C=C[C@@H]1c1ccc2c(c1)OCO2. The molecule has 7 heteroatoms. The van der Waals surface area contributed by atoms with Gasteiger partial charge in [0.05, 0.1) is 13.2 Å². The molecular weight excluding hydrogens is 290 g/mol. The van der Waals surface area contributed by atoms with E-state index in [-0.39, 0.29) is 12.7 Å². The molecule has 0 aromatic heterocycles. The second-order valence-corrected chi connectivity index (χ2v) is 5.17. The Morgan fingerprint density at radius 1 is 1.27 bits per heavy atom. The fourth-order valence-electron chi connectivity index (χ4n) is 2.70. The highest BCUT2D eigenvalue weighted by molar-refractivity contribution is 5.68. The number of alkyl carbamates (subject to hydrolysis) is 1. The van der Waals surface area contributed by atoms with Gasteiger partial charge in [-0.25, -0.2) is 4.79 Å². The summed E-state index contributed by atoms with van der Waals surface area (Å²) in [6, 6.07) is 4.69. The zero-order valence-electron chi connectivity index (χ0n) is 11.9. The van der Waals surface area contributed by atoms with E-state index in [0.29, 0.717) is 11.5 Å². The molecule has 22 heavy (non-hydrogen) atoms. The molecule has 3 N–H and O–H groups in total. The minimum absolute atomic E-state index is 0.171. The highest BCUT2D eigenvalue weighted by Gasteiger charge is 2.37. The normalized spacial score (nSPS) is 29.2. The predicted molar refractivity (Wildman–Crippen MR) is 75.8 cm³/mol. The molecule has 3 rings (SSSR count). The number of carbonyl (C=O) groups is 1. The minimum Gasteiger partial charge on any atom is -0.454 e. The van der Waals surface area contributed by atoms with E-state index >= 15 is 0 Å². The Bertz CT molecular complexity index is 602. The summed E-state index contributed by atoms with van der Waals surface area (Å²) in [7, 11) is 1.24. The van der Waals surface area contributed by atoms with Crippen molar-refractivity contribution in [3.8, 4) is 11.5 Å². The molecule has 0 bridgehead atoms. The van der Waals surface area contributed by atoms with Gasteiger partial charge in [-0.2, -0.15) is 0 Å². The molecule has 2 aliphatic rings. The number of aliphatic hydroxyl groups excluding tert-OH is 2. The van der Waals surface area contributed by atoms with Gasteiger partial charge in [0.1, 0.15) is 12.2 Å². The molecule has 1 aliphatic carbocycles. The first-order valence-electron chi connectivity index (χ1n) is 6.88. The van der Waals surface area contributed by atoms with Crippen LogP contribution in [0.15, 0.2) is 30.4 Å². The van der Waals surface area contributed by atoms with E-state index in [4.69, 9.17) is 9.47 Å². The molecule has 1 aliphatic heterocycles. The quantitative estimate of drug-likeness (QED) is 0.689. The van der Waals surface area contributed by atoms with Crippen LogP contribution in [0, 0.1) is 0 Å². The maximum absolute atomic E-state index is 11.5. The van der Waals surface area contributed by atoms with E-state index in [2.05, 4.69) is 10.1 Å². The molecule has 0 saturated carbocycles. The van der Waals surface area contributed by atoms with E-state index in [9.17, 15) is 15.0 Å². The van der Waals surface area contributed by atoms with Crippen molar-refractivity contribution in [2.24, 2.45) is 0 Å². The van der Waals surface area contributed by atoms with Crippen LogP contribution in [0.3, 0.4) is 0 Å². The molecule has 0 radical (unpaired) electrons. The lowest BCUT2D eigenvalue weighted by molar-refractivity contribution is 0.0120. The van der Waals surface area contributed by atoms with E-state index in [1.807, 2.05) is 6.07 Å². The molecule has 118 valence electrons. The summed E-state index contributed by atoms with van der Waals surface area (Å²) >= 11 is 0. The van der Waals surface area contributed by atoms with Crippen molar-refractivity contribution in [1.82, 2.24) is 5.32 Å². The fourth-order valence-corrected chi connectivity index (χ4v) is 2.70. The van der Waals surface area contributed by atoms with E-state index < -0.39 is 24.3 Å². The number of rotatable bonds is 2. The summed E-state index contributed by atoms with van der Waals surface area (Å²) in [6.45, 7) is 0.171. The number of hydrogen-bond acceptors (Lipinski definition) is 6. The van der Waals surface area contributed by atoms with Crippen molar-refractivity contribution >= 4 is 6.09 Å². The Hall–Kier alpha value is -2.25. The van der Waals surface area contributed by atoms with Crippen molar-refractivity contribution in [1.29, 1.82) is 0 Å². The summed E-state index contributed by atoms with van der Waals surface area (Å²) in [5.74, 6) is 0.942. The van der Waals surface area contributed by atoms with Gasteiger partial charge in [-0.1, -0.05) is 18.2 Å². The van der Waals surface area contributed by atoms with Gasteiger partial charge < -0.3 is 29.7 Å². The number of carbonyl (C=O) groups excluding carboxylic acids is 1. The Kier molecular flexibility index (Phi) is 3.91. The van der Waals surface area contributed by atoms with Crippen molar-refractivity contribution in [3.63, 3.8) is 0 Å². The highest BCUT2D eigenvalue weighted by atomic mass is 16.7. The average molecular weight is 307 g/mol. The van der Waals surface area contributed by atoms with Gasteiger partial charge in [-0.15, -0.1) is 0 Å². The number of aliphatic hydroxyl groups is 2. The van der Waals surface area contributed by atoms with Crippen LogP contribution < -0.4 is 14.8 Å². The van der Waals surface area contributed by atoms with Crippen LogP contribution in [0.4, 0.5) is 4.79 Å².